The van der Waals surface area contributed by atoms with Crippen LogP contribution < -0.4 is 26.0 Å². The number of carbonyl (C=O) groups excluding carboxylic acids is 1. The number of phenols is 1. The molecule has 66 heavy (non-hydrogen) atoms. The van der Waals surface area contributed by atoms with Gasteiger partial charge in [-0.15, -0.1) is 23.9 Å². The maximum Gasteiger partial charge on any atom is 0.444 e. The van der Waals surface area contributed by atoms with E-state index < -0.39 is 59.3 Å². The minimum absolute atomic E-state index is 0.0230. The number of aromatic nitrogens is 4. The number of phenolic OH excluding ortho intramolecular Hbond substituents is 1. The normalized spacial score (nSPS) is 11.9. The number of aromatic hydroxyl groups is 1. The summed E-state index contributed by atoms with van der Waals surface area (Å²) in [7, 11) is -12.7. The van der Waals surface area contributed by atoms with Crippen LogP contribution in [0.3, 0.4) is 0 Å². The Hall–Kier alpha value is -6.24. The van der Waals surface area contributed by atoms with Crippen LogP contribution in [0.1, 0.15) is 10.4 Å². The van der Waals surface area contributed by atoms with Gasteiger partial charge in [-0.1, -0.05) is 28.3 Å². The summed E-state index contributed by atoms with van der Waals surface area (Å²) in [6.45, 7) is -0.558. The topological polar surface area (TPSA) is 407 Å². The first-order chi connectivity index (χ1) is 31.1. The van der Waals surface area contributed by atoms with E-state index in [1.165, 1.54) is 59.4 Å². The second-order valence-corrected chi connectivity index (χ2v) is 18.8. The van der Waals surface area contributed by atoms with Crippen molar-refractivity contribution < 1.29 is 87.4 Å². The van der Waals surface area contributed by atoms with E-state index in [4.69, 9.17) is 20.8 Å². The van der Waals surface area contributed by atoms with E-state index in [2.05, 4.69) is 58.7 Å². The third-order valence-electron chi connectivity index (χ3n) is 7.84. The Labute approximate surface area is 380 Å². The maximum absolute atomic E-state index is 12.6. The summed E-state index contributed by atoms with van der Waals surface area (Å²) < 4.78 is 97.9. The SMILES string of the molecule is CS(=O)(=O)CCOS(=O)(=O)O.Nc1c(SOOO)cc2cc(SOOO)cc(O)c2c1N=Nc1ccc(Nc2nc(Nc3ccccc3)nc(-[n+]3cccc(C(=O)[O-])c3)n2)cc1S(=O)(=O)O. The summed E-state index contributed by atoms with van der Waals surface area (Å²) in [6, 6.07) is 19.3. The molecule has 2 aromatic heterocycles. The summed E-state index contributed by atoms with van der Waals surface area (Å²) in [5.74, 6) is -2.41. The summed E-state index contributed by atoms with van der Waals surface area (Å²) in [6.07, 6.45) is 3.65. The van der Waals surface area contributed by atoms with Crippen LogP contribution in [0, 0.1) is 0 Å². The van der Waals surface area contributed by atoms with E-state index in [0.29, 0.717) is 29.8 Å². The number of nitrogen functional groups attached to an aromatic ring is 1. The zero-order valence-corrected chi connectivity index (χ0v) is 37.0. The van der Waals surface area contributed by atoms with Gasteiger partial charge < -0.3 is 31.4 Å². The lowest BCUT2D eigenvalue weighted by atomic mass is 10.1. The molecular formula is C34H31N9O18S5. The highest BCUT2D eigenvalue weighted by Gasteiger charge is 2.23. The molecule has 0 saturated carbocycles. The van der Waals surface area contributed by atoms with Gasteiger partial charge in [-0.3, -0.25) is 9.11 Å². The number of benzene rings is 4. The number of azo groups is 1. The van der Waals surface area contributed by atoms with E-state index in [-0.39, 0.29) is 66.7 Å². The number of hydrogen-bond donors (Lipinski definition) is 8. The molecule has 4 aromatic carbocycles. The number of anilines is 5. The monoisotopic (exact) mass is 1010 g/mol. The Balaban J connectivity index is 0.000000658. The first kappa shape index (κ1) is 50.8. The number of aromatic carboxylic acids is 1. The summed E-state index contributed by atoms with van der Waals surface area (Å²) in [4.78, 5) is 24.2. The van der Waals surface area contributed by atoms with Gasteiger partial charge >= 0.3 is 28.2 Å². The van der Waals surface area contributed by atoms with Crippen LogP contribution in [0.4, 0.5) is 40.3 Å². The average Bonchev–Trinajstić information content (AvgIpc) is 3.24. The fourth-order valence-corrected chi connectivity index (χ4v) is 7.50. The molecule has 0 spiro atoms. The summed E-state index contributed by atoms with van der Waals surface area (Å²) in [5, 5.41) is 61.1. The van der Waals surface area contributed by atoms with Gasteiger partial charge in [0.25, 0.3) is 10.1 Å². The molecule has 0 fully saturated rings. The number of sulfone groups is 1. The Bertz CT molecular complexity index is 3070. The lowest BCUT2D eigenvalue weighted by Crippen LogP contribution is -2.36. The molecule has 27 nitrogen and oxygen atoms in total. The molecule has 6 aromatic rings. The number of nitrogens with two attached hydrogens (primary N) is 1. The number of nitrogens with one attached hydrogen (secondary N) is 2. The Morgan fingerprint density at radius 3 is 2.14 bits per heavy atom. The minimum Gasteiger partial charge on any atom is -0.545 e. The lowest BCUT2D eigenvalue weighted by Gasteiger charge is -2.12. The molecule has 0 unspecified atom stereocenters. The third kappa shape index (κ3) is 14.9. The number of carboxylic acid groups (broad SMARTS) is 1. The van der Waals surface area contributed by atoms with Crippen molar-refractivity contribution in [2.75, 3.05) is 35.0 Å². The van der Waals surface area contributed by atoms with Gasteiger partial charge in [0.1, 0.15) is 31.9 Å². The second-order valence-electron chi connectivity index (χ2n) is 12.6. The molecular weight excluding hydrogens is 983 g/mol. The van der Waals surface area contributed by atoms with Gasteiger partial charge in [0.2, 0.25) is 0 Å². The van der Waals surface area contributed by atoms with Crippen molar-refractivity contribution in [3.8, 4) is 11.7 Å². The van der Waals surface area contributed by atoms with Gasteiger partial charge in [-0.2, -0.15) is 16.8 Å². The van der Waals surface area contributed by atoms with Crippen molar-refractivity contribution in [1.29, 1.82) is 0 Å². The van der Waals surface area contributed by atoms with E-state index in [0.717, 1.165) is 12.3 Å². The summed E-state index contributed by atoms with van der Waals surface area (Å²) in [5.41, 5.74) is 6.08. The van der Waals surface area contributed by atoms with Crippen LogP contribution in [-0.2, 0) is 53.3 Å². The molecule has 0 aliphatic carbocycles. The number of fused-ring (bicyclic) bond motifs is 1. The Morgan fingerprint density at radius 1 is 0.848 bits per heavy atom. The van der Waals surface area contributed by atoms with Crippen LogP contribution >= 0.6 is 24.1 Å². The van der Waals surface area contributed by atoms with Crippen LogP contribution in [-0.4, -0.2) is 89.5 Å². The van der Waals surface area contributed by atoms with Gasteiger partial charge in [0.05, 0.1) is 70.8 Å². The smallest absolute Gasteiger partial charge is 0.444 e. The molecule has 0 saturated heterocycles. The number of rotatable bonds is 19. The fraction of sp³-hybridized carbons (Fsp3) is 0.0882. The number of nitrogens with zero attached hydrogens (tertiary/aromatic N) is 6. The Kier molecular flexibility index (Phi) is 17.1. The molecule has 0 amide bonds. The minimum atomic E-state index is -4.98. The first-order valence-corrected chi connectivity index (χ1v) is 23.8. The van der Waals surface area contributed by atoms with E-state index in [1.807, 2.05) is 0 Å². The highest BCUT2D eigenvalue weighted by atomic mass is 32.3. The molecule has 0 radical (unpaired) electrons. The predicted molar refractivity (Wildman–Crippen MR) is 228 cm³/mol. The largest absolute Gasteiger partial charge is 0.545 e. The molecule has 350 valence electrons. The molecule has 0 aliphatic heterocycles. The number of para-hydroxylation sites is 1. The third-order valence-corrected chi connectivity index (χ3v) is 11.3. The van der Waals surface area contributed by atoms with Crippen molar-refractivity contribution >= 4 is 112 Å². The van der Waals surface area contributed by atoms with Gasteiger partial charge in [-0.05, 0) is 76.0 Å². The molecule has 32 heteroatoms. The summed E-state index contributed by atoms with van der Waals surface area (Å²) >= 11 is 1.00. The van der Waals surface area contributed by atoms with Crippen LogP contribution in [0.2, 0.25) is 0 Å². The highest BCUT2D eigenvalue weighted by Crippen LogP contribution is 2.46. The van der Waals surface area contributed by atoms with Crippen LogP contribution in [0.15, 0.2) is 116 Å². The maximum atomic E-state index is 12.6. The first-order valence-electron chi connectivity index (χ1n) is 17.4. The van der Waals surface area contributed by atoms with Gasteiger partial charge in [-0.25, -0.2) is 27.7 Å². The average molecular weight is 1010 g/mol. The number of hydrogen-bond acceptors (Lipinski definition) is 26. The van der Waals surface area contributed by atoms with Crippen LogP contribution in [0.5, 0.6) is 5.75 Å². The van der Waals surface area contributed by atoms with Gasteiger partial charge in [0, 0.05) is 28.1 Å². The van der Waals surface area contributed by atoms with Crippen molar-refractivity contribution in [1.82, 2.24) is 15.0 Å². The van der Waals surface area contributed by atoms with Crippen molar-refractivity contribution in [2.45, 2.75) is 14.7 Å². The van der Waals surface area contributed by atoms with Crippen molar-refractivity contribution in [2.24, 2.45) is 10.2 Å². The van der Waals surface area contributed by atoms with E-state index in [1.54, 1.807) is 30.3 Å². The molecule has 9 N–H and O–H groups in total. The predicted octanol–water partition coefficient (Wildman–Crippen LogP) is 3.81. The van der Waals surface area contributed by atoms with Crippen molar-refractivity contribution in [3.63, 3.8) is 0 Å². The highest BCUT2D eigenvalue weighted by molar-refractivity contribution is 7.95. The quantitative estimate of drug-likeness (QED) is 0.0109. The number of carboxylic acids is 1. The van der Waals surface area contributed by atoms with Crippen LogP contribution in [0.25, 0.3) is 16.7 Å². The standard InChI is InChI=1S/C31H23N9O12S3.C3H8O6S2/c32-26-23(54-52-50-45)12-17-11-20(53-51-49-44)14-22(41)25(17)27(26)39-38-21-9-8-19(13-24(21)55(46,47)48)34-30-35-29(33-18-6-2-1-3-7-18)36-31(37-30)40-10-4-5-16(15-40)28(42)43;1-10(4,5)3-2-9-11(6,7)8/h1-15H,(H8-,32,33,34,35,36,37,38,39,41,42,43,44,45,46,47,48);2-3H2,1H3,(H,6,7,8). The van der Waals surface area contributed by atoms with Gasteiger partial charge in [0.15, 0.2) is 0 Å². The lowest BCUT2D eigenvalue weighted by molar-refractivity contribution is -0.603. The fourth-order valence-electron chi connectivity index (χ4n) is 5.16. The van der Waals surface area contributed by atoms with Crippen molar-refractivity contribution in [3.05, 3.63) is 96.8 Å². The second kappa shape index (κ2) is 22.3. The molecule has 2 heterocycles. The molecule has 0 aliphatic rings. The van der Waals surface area contributed by atoms with E-state index >= 15 is 0 Å². The molecule has 0 atom stereocenters. The molecule has 6 rings (SSSR count). The van der Waals surface area contributed by atoms with E-state index in [9.17, 15) is 44.8 Å². The number of carbonyl (C=O) groups is 1. The number of pyridine rings is 1. The zero-order valence-electron chi connectivity index (χ0n) is 32.9. The molecule has 0 bridgehead atoms. The Morgan fingerprint density at radius 2 is 1.52 bits per heavy atom. The zero-order chi connectivity index (χ0) is 48.2.